The highest BCUT2D eigenvalue weighted by Gasteiger charge is 2.17. The number of carbonyl (C=O) groups is 1. The monoisotopic (exact) mass is 227 g/mol. The summed E-state index contributed by atoms with van der Waals surface area (Å²) < 4.78 is 4.58. The van der Waals surface area contributed by atoms with Gasteiger partial charge in [-0.2, -0.15) is 0 Å². The minimum Gasteiger partial charge on any atom is -0.469 e. The molecule has 1 rings (SSSR count). The number of hydrogen-bond donors (Lipinski definition) is 1. The van der Waals surface area contributed by atoms with Gasteiger partial charge in [0.15, 0.2) is 0 Å². The largest absolute Gasteiger partial charge is 0.469 e. The van der Waals surface area contributed by atoms with E-state index >= 15 is 0 Å². The fraction of sp³-hybridized carbons (Fsp3) is 0.923. The first-order chi connectivity index (χ1) is 7.72. The molecular formula is C13H25NO2. The number of carbonyl (C=O) groups excluding carboxylic acids is 1. The fourth-order valence-electron chi connectivity index (χ4n) is 2.55. The van der Waals surface area contributed by atoms with Crippen LogP contribution in [0.3, 0.4) is 0 Å². The van der Waals surface area contributed by atoms with Crippen molar-refractivity contribution in [3.8, 4) is 0 Å². The second kappa shape index (κ2) is 7.66. The number of hydrogen-bond acceptors (Lipinski definition) is 3. The first-order valence-electron chi connectivity index (χ1n) is 6.50. The molecule has 0 aromatic rings. The van der Waals surface area contributed by atoms with E-state index in [0.29, 0.717) is 6.42 Å². The predicted octanol–water partition coefficient (Wildman–Crippen LogP) is 2.36. The van der Waals surface area contributed by atoms with Crippen LogP contribution in [0.25, 0.3) is 0 Å². The molecule has 0 aromatic carbocycles. The summed E-state index contributed by atoms with van der Waals surface area (Å²) in [5.41, 5.74) is 0. The van der Waals surface area contributed by atoms with Crippen molar-refractivity contribution < 1.29 is 9.53 Å². The molecule has 3 heteroatoms. The van der Waals surface area contributed by atoms with E-state index in [1.54, 1.807) is 0 Å². The highest BCUT2D eigenvalue weighted by molar-refractivity contribution is 5.69. The Balaban J connectivity index is 1.96. The third-order valence-electron chi connectivity index (χ3n) is 3.51. The summed E-state index contributed by atoms with van der Waals surface area (Å²) in [5, 5.41) is 3.31. The molecule has 2 unspecified atom stereocenters. The third kappa shape index (κ3) is 5.50. The zero-order chi connectivity index (χ0) is 11.8. The van der Waals surface area contributed by atoms with Crippen molar-refractivity contribution in [2.45, 2.75) is 45.4 Å². The molecule has 1 fully saturated rings. The normalized spacial score (nSPS) is 25.4. The summed E-state index contributed by atoms with van der Waals surface area (Å²) in [7, 11) is 1.44. The Kier molecular flexibility index (Phi) is 6.46. The Morgan fingerprint density at radius 3 is 2.88 bits per heavy atom. The molecule has 0 heterocycles. The van der Waals surface area contributed by atoms with Crippen LogP contribution in [-0.4, -0.2) is 26.2 Å². The van der Waals surface area contributed by atoms with Gasteiger partial charge in [-0.25, -0.2) is 0 Å². The average Bonchev–Trinajstić information content (AvgIpc) is 2.28. The van der Waals surface area contributed by atoms with Crippen LogP contribution < -0.4 is 5.32 Å². The number of ether oxygens (including phenoxy) is 1. The first kappa shape index (κ1) is 13.5. The Morgan fingerprint density at radius 2 is 2.19 bits per heavy atom. The lowest BCUT2D eigenvalue weighted by molar-refractivity contribution is -0.140. The molecule has 16 heavy (non-hydrogen) atoms. The molecule has 0 spiro atoms. The van der Waals surface area contributed by atoms with Crippen molar-refractivity contribution in [3.05, 3.63) is 0 Å². The van der Waals surface area contributed by atoms with E-state index in [2.05, 4.69) is 17.0 Å². The van der Waals surface area contributed by atoms with E-state index in [9.17, 15) is 4.79 Å². The fourth-order valence-corrected chi connectivity index (χ4v) is 2.55. The van der Waals surface area contributed by atoms with E-state index in [4.69, 9.17) is 0 Å². The molecule has 0 aromatic heterocycles. The van der Waals surface area contributed by atoms with Crippen molar-refractivity contribution in [2.24, 2.45) is 11.8 Å². The molecule has 1 aliphatic carbocycles. The highest BCUT2D eigenvalue weighted by Crippen LogP contribution is 2.30. The maximum absolute atomic E-state index is 10.9. The minimum atomic E-state index is -0.126. The molecule has 1 N–H and O–H groups in total. The van der Waals surface area contributed by atoms with E-state index in [1.807, 2.05) is 0 Å². The van der Waals surface area contributed by atoms with Crippen LogP contribution in [-0.2, 0) is 9.53 Å². The molecule has 0 saturated heterocycles. The van der Waals surface area contributed by atoms with Gasteiger partial charge in [0.25, 0.3) is 0 Å². The summed E-state index contributed by atoms with van der Waals surface area (Å²) in [5.74, 6) is 1.68. The van der Waals surface area contributed by atoms with Gasteiger partial charge < -0.3 is 10.1 Å². The highest BCUT2D eigenvalue weighted by atomic mass is 16.5. The van der Waals surface area contributed by atoms with Gasteiger partial charge in [-0.15, -0.1) is 0 Å². The molecule has 94 valence electrons. The smallest absolute Gasteiger partial charge is 0.306 e. The Bertz CT molecular complexity index is 206. The third-order valence-corrected chi connectivity index (χ3v) is 3.51. The van der Waals surface area contributed by atoms with Gasteiger partial charge in [-0.3, -0.25) is 4.79 Å². The van der Waals surface area contributed by atoms with E-state index in [-0.39, 0.29) is 5.97 Å². The molecule has 0 bridgehead atoms. The summed E-state index contributed by atoms with van der Waals surface area (Å²) >= 11 is 0. The number of nitrogens with one attached hydrogen (secondary N) is 1. The van der Waals surface area contributed by atoms with Crippen molar-refractivity contribution in [1.29, 1.82) is 0 Å². The maximum Gasteiger partial charge on any atom is 0.306 e. The van der Waals surface area contributed by atoms with Crippen LogP contribution in [0.5, 0.6) is 0 Å². The maximum atomic E-state index is 10.9. The van der Waals surface area contributed by atoms with Crippen LogP contribution in [0.15, 0.2) is 0 Å². The van der Waals surface area contributed by atoms with Gasteiger partial charge in [0.05, 0.1) is 13.5 Å². The zero-order valence-corrected chi connectivity index (χ0v) is 10.6. The first-order valence-corrected chi connectivity index (χ1v) is 6.50. The topological polar surface area (TPSA) is 38.3 Å². The lowest BCUT2D eigenvalue weighted by Crippen LogP contribution is -2.23. The lowest BCUT2D eigenvalue weighted by Gasteiger charge is -2.26. The van der Waals surface area contributed by atoms with Gasteiger partial charge in [-0.05, 0) is 31.2 Å². The molecule has 0 aliphatic heterocycles. The molecular weight excluding hydrogens is 202 g/mol. The van der Waals surface area contributed by atoms with Crippen LogP contribution in [0.1, 0.15) is 45.4 Å². The minimum absolute atomic E-state index is 0.126. The van der Waals surface area contributed by atoms with Crippen LogP contribution in [0.2, 0.25) is 0 Å². The van der Waals surface area contributed by atoms with Gasteiger partial charge in [-0.1, -0.05) is 26.2 Å². The number of rotatable bonds is 6. The van der Waals surface area contributed by atoms with E-state index in [0.717, 1.165) is 24.9 Å². The lowest BCUT2D eigenvalue weighted by atomic mass is 9.81. The van der Waals surface area contributed by atoms with Crippen LogP contribution in [0, 0.1) is 11.8 Å². The van der Waals surface area contributed by atoms with Gasteiger partial charge in [0.1, 0.15) is 0 Å². The molecule has 1 aliphatic rings. The molecule has 0 radical (unpaired) electrons. The summed E-state index contributed by atoms with van der Waals surface area (Å²) in [6.07, 6.45) is 7.32. The standard InChI is InChI=1S/C13H25NO2/c1-11-4-3-5-12(10-11)6-8-14-9-7-13(15)16-2/h11-12,14H,3-10H2,1-2H3. The average molecular weight is 227 g/mol. The second-order valence-corrected chi connectivity index (χ2v) is 5.00. The Morgan fingerprint density at radius 1 is 1.38 bits per heavy atom. The molecule has 2 atom stereocenters. The van der Waals surface area contributed by atoms with E-state index in [1.165, 1.54) is 39.2 Å². The van der Waals surface area contributed by atoms with Crippen molar-refractivity contribution in [2.75, 3.05) is 20.2 Å². The van der Waals surface area contributed by atoms with E-state index < -0.39 is 0 Å². The second-order valence-electron chi connectivity index (χ2n) is 5.00. The van der Waals surface area contributed by atoms with Crippen molar-refractivity contribution in [1.82, 2.24) is 5.32 Å². The molecule has 0 amide bonds. The molecule has 1 saturated carbocycles. The van der Waals surface area contributed by atoms with Gasteiger partial charge in [0, 0.05) is 6.54 Å². The number of esters is 1. The summed E-state index contributed by atoms with van der Waals surface area (Å²) in [6.45, 7) is 4.14. The van der Waals surface area contributed by atoms with Crippen LogP contribution in [0.4, 0.5) is 0 Å². The number of methoxy groups -OCH3 is 1. The van der Waals surface area contributed by atoms with Crippen molar-refractivity contribution >= 4 is 5.97 Å². The van der Waals surface area contributed by atoms with Crippen LogP contribution >= 0.6 is 0 Å². The summed E-state index contributed by atoms with van der Waals surface area (Å²) in [4.78, 5) is 10.9. The Hall–Kier alpha value is -0.570. The quantitative estimate of drug-likeness (QED) is 0.559. The summed E-state index contributed by atoms with van der Waals surface area (Å²) in [6, 6.07) is 0. The molecule has 3 nitrogen and oxygen atoms in total. The zero-order valence-electron chi connectivity index (χ0n) is 10.6. The predicted molar refractivity (Wildman–Crippen MR) is 65.2 cm³/mol. The Labute approximate surface area is 98.9 Å². The SMILES string of the molecule is COC(=O)CCNCCC1CCCC(C)C1. The van der Waals surface area contributed by atoms with Crippen molar-refractivity contribution in [3.63, 3.8) is 0 Å². The van der Waals surface area contributed by atoms with Gasteiger partial charge in [0.2, 0.25) is 0 Å². The van der Waals surface area contributed by atoms with Gasteiger partial charge >= 0.3 is 5.97 Å².